The highest BCUT2D eigenvalue weighted by Crippen LogP contribution is 2.21. The third-order valence-corrected chi connectivity index (χ3v) is 3.59. The van der Waals surface area contributed by atoms with Gasteiger partial charge in [-0.1, -0.05) is 18.2 Å². The van der Waals surface area contributed by atoms with E-state index in [-0.39, 0.29) is 6.54 Å². The van der Waals surface area contributed by atoms with Crippen molar-refractivity contribution in [3.8, 4) is 0 Å². The van der Waals surface area contributed by atoms with Gasteiger partial charge in [-0.2, -0.15) is 4.37 Å². The van der Waals surface area contributed by atoms with Crippen LogP contribution in [-0.4, -0.2) is 32.0 Å². The van der Waals surface area contributed by atoms with E-state index in [1.807, 2.05) is 24.4 Å². The summed E-state index contributed by atoms with van der Waals surface area (Å²) in [5.41, 5.74) is 2.21. The fourth-order valence-corrected chi connectivity index (χ4v) is 2.58. The molecule has 3 aromatic rings. The molecule has 102 valence electrons. The number of para-hydroxylation sites is 1. The summed E-state index contributed by atoms with van der Waals surface area (Å²) >= 11 is 1.17. The van der Waals surface area contributed by atoms with Crippen LogP contribution in [0.4, 0.5) is 5.13 Å². The zero-order valence-electron chi connectivity index (χ0n) is 10.5. The Morgan fingerprint density at radius 3 is 3.10 bits per heavy atom. The third kappa shape index (κ3) is 2.62. The van der Waals surface area contributed by atoms with Crippen LogP contribution in [0.5, 0.6) is 0 Å². The smallest absolute Gasteiger partial charge is 0.322 e. The molecule has 0 amide bonds. The quantitative estimate of drug-likeness (QED) is 0.669. The predicted octanol–water partition coefficient (Wildman–Crippen LogP) is 2.11. The first kappa shape index (κ1) is 12.6. The minimum Gasteiger partial charge on any atom is -0.480 e. The molecule has 7 heteroatoms. The monoisotopic (exact) mass is 288 g/mol. The molecule has 3 N–H and O–H groups in total. The highest BCUT2D eigenvalue weighted by atomic mass is 32.1. The van der Waals surface area contributed by atoms with Gasteiger partial charge in [0.25, 0.3) is 0 Å². The molecule has 0 aliphatic rings. The number of anilines is 1. The van der Waals surface area contributed by atoms with Crippen molar-refractivity contribution < 1.29 is 9.90 Å². The van der Waals surface area contributed by atoms with E-state index in [1.165, 1.54) is 11.5 Å². The second kappa shape index (κ2) is 5.30. The maximum absolute atomic E-state index is 10.5. The van der Waals surface area contributed by atoms with E-state index < -0.39 is 5.97 Å². The summed E-state index contributed by atoms with van der Waals surface area (Å²) in [6.07, 6.45) is 2.57. The van der Waals surface area contributed by atoms with Crippen molar-refractivity contribution in [2.75, 3.05) is 11.9 Å². The molecule has 0 atom stereocenters. The molecule has 0 spiro atoms. The van der Waals surface area contributed by atoms with Crippen LogP contribution >= 0.6 is 11.5 Å². The van der Waals surface area contributed by atoms with Crippen molar-refractivity contribution in [3.05, 3.63) is 41.9 Å². The second-order valence-electron chi connectivity index (χ2n) is 4.30. The molecule has 6 nitrogen and oxygen atoms in total. The number of carboxylic acid groups (broad SMARTS) is 1. The minimum atomic E-state index is -0.918. The van der Waals surface area contributed by atoms with Crippen molar-refractivity contribution in [1.82, 2.24) is 14.3 Å². The molecule has 2 heterocycles. The van der Waals surface area contributed by atoms with Gasteiger partial charge in [0.1, 0.15) is 12.4 Å². The number of nitrogens with zero attached hydrogens (tertiary/aromatic N) is 2. The van der Waals surface area contributed by atoms with Crippen molar-refractivity contribution in [3.63, 3.8) is 0 Å². The summed E-state index contributed by atoms with van der Waals surface area (Å²) in [5, 5.41) is 13.0. The number of fused-ring (bicyclic) bond motifs is 1. The SMILES string of the molecule is O=C(O)CNc1nc(Cc2c[nH]c3ccccc23)ns1. The van der Waals surface area contributed by atoms with Crippen LogP contribution in [0.1, 0.15) is 11.4 Å². The normalized spacial score (nSPS) is 10.8. The van der Waals surface area contributed by atoms with E-state index in [0.717, 1.165) is 16.5 Å². The van der Waals surface area contributed by atoms with Crippen LogP contribution in [0.15, 0.2) is 30.5 Å². The van der Waals surface area contributed by atoms with Gasteiger partial charge in [0.15, 0.2) is 0 Å². The molecule has 0 aliphatic heterocycles. The first-order chi connectivity index (χ1) is 9.72. The predicted molar refractivity (Wildman–Crippen MR) is 77.1 cm³/mol. The Labute approximate surface area is 118 Å². The first-order valence-electron chi connectivity index (χ1n) is 6.05. The molecule has 0 saturated heterocycles. The third-order valence-electron chi connectivity index (χ3n) is 2.88. The van der Waals surface area contributed by atoms with Gasteiger partial charge in [-0.25, -0.2) is 4.98 Å². The Bertz CT molecular complexity index is 750. The molecule has 1 aromatic carbocycles. The summed E-state index contributed by atoms with van der Waals surface area (Å²) in [6.45, 7) is -0.151. The molecule has 0 unspecified atom stereocenters. The van der Waals surface area contributed by atoms with Gasteiger partial charge in [-0.05, 0) is 11.6 Å². The summed E-state index contributed by atoms with van der Waals surface area (Å²) in [4.78, 5) is 18.0. The maximum Gasteiger partial charge on any atom is 0.322 e. The molecular weight excluding hydrogens is 276 g/mol. The molecule has 2 aromatic heterocycles. The Hall–Kier alpha value is -2.41. The lowest BCUT2D eigenvalue weighted by Gasteiger charge is -1.96. The standard InChI is InChI=1S/C13H12N4O2S/c18-12(19)7-15-13-16-11(17-20-13)5-8-6-14-10-4-2-1-3-9(8)10/h1-4,6,14H,5,7H2,(H,18,19)(H,15,16,17). The van der Waals surface area contributed by atoms with E-state index in [1.54, 1.807) is 0 Å². The van der Waals surface area contributed by atoms with E-state index in [0.29, 0.717) is 17.4 Å². The Kier molecular flexibility index (Phi) is 3.34. The number of carbonyl (C=O) groups is 1. The fourth-order valence-electron chi connectivity index (χ4n) is 2.00. The van der Waals surface area contributed by atoms with Gasteiger partial charge in [0, 0.05) is 35.1 Å². The molecular formula is C13H12N4O2S. The van der Waals surface area contributed by atoms with Crippen LogP contribution < -0.4 is 5.32 Å². The fraction of sp³-hybridized carbons (Fsp3) is 0.154. The Balaban J connectivity index is 1.76. The zero-order chi connectivity index (χ0) is 13.9. The van der Waals surface area contributed by atoms with Gasteiger partial charge < -0.3 is 15.4 Å². The van der Waals surface area contributed by atoms with Gasteiger partial charge in [-0.15, -0.1) is 0 Å². The molecule has 0 bridgehead atoms. The molecule has 0 fully saturated rings. The molecule has 0 saturated carbocycles. The number of H-pyrrole nitrogens is 1. The summed E-state index contributed by atoms with van der Waals surface area (Å²) in [5.74, 6) is -0.231. The summed E-state index contributed by atoms with van der Waals surface area (Å²) in [6, 6.07) is 8.05. The number of benzene rings is 1. The first-order valence-corrected chi connectivity index (χ1v) is 6.83. The van der Waals surface area contributed by atoms with E-state index in [4.69, 9.17) is 5.11 Å². The van der Waals surface area contributed by atoms with Crippen molar-refractivity contribution in [2.45, 2.75) is 6.42 Å². The van der Waals surface area contributed by atoms with Gasteiger partial charge >= 0.3 is 5.97 Å². The van der Waals surface area contributed by atoms with Gasteiger partial charge in [0.2, 0.25) is 5.13 Å². The van der Waals surface area contributed by atoms with Crippen LogP contribution in [-0.2, 0) is 11.2 Å². The number of aliphatic carboxylic acids is 1. The van der Waals surface area contributed by atoms with Crippen molar-refractivity contribution in [1.29, 1.82) is 0 Å². The van der Waals surface area contributed by atoms with Crippen LogP contribution in [0.2, 0.25) is 0 Å². The van der Waals surface area contributed by atoms with Crippen LogP contribution in [0.25, 0.3) is 10.9 Å². The highest BCUT2D eigenvalue weighted by Gasteiger charge is 2.09. The number of nitrogens with one attached hydrogen (secondary N) is 2. The molecule has 0 aliphatic carbocycles. The molecule has 20 heavy (non-hydrogen) atoms. The van der Waals surface area contributed by atoms with Crippen LogP contribution in [0.3, 0.4) is 0 Å². The largest absolute Gasteiger partial charge is 0.480 e. The minimum absolute atomic E-state index is 0.151. The lowest BCUT2D eigenvalue weighted by molar-refractivity contribution is -0.134. The lowest BCUT2D eigenvalue weighted by Crippen LogP contribution is -2.12. The van der Waals surface area contributed by atoms with E-state index in [2.05, 4.69) is 25.7 Å². The van der Waals surface area contributed by atoms with Crippen molar-refractivity contribution >= 4 is 33.5 Å². The Morgan fingerprint density at radius 1 is 1.40 bits per heavy atom. The topological polar surface area (TPSA) is 90.9 Å². The van der Waals surface area contributed by atoms with Gasteiger partial charge in [0.05, 0.1) is 0 Å². The number of hydrogen-bond acceptors (Lipinski definition) is 5. The number of aromatic nitrogens is 3. The summed E-state index contributed by atoms with van der Waals surface area (Å²) in [7, 11) is 0. The Morgan fingerprint density at radius 2 is 2.25 bits per heavy atom. The average molecular weight is 288 g/mol. The molecule has 0 radical (unpaired) electrons. The van der Waals surface area contributed by atoms with E-state index in [9.17, 15) is 4.79 Å². The number of hydrogen-bond donors (Lipinski definition) is 3. The van der Waals surface area contributed by atoms with E-state index >= 15 is 0 Å². The number of rotatable bonds is 5. The number of aromatic amines is 1. The maximum atomic E-state index is 10.5. The highest BCUT2D eigenvalue weighted by molar-refractivity contribution is 7.09. The van der Waals surface area contributed by atoms with Crippen LogP contribution in [0, 0.1) is 0 Å². The zero-order valence-corrected chi connectivity index (χ0v) is 11.3. The number of carboxylic acids is 1. The average Bonchev–Trinajstić information content (AvgIpc) is 3.05. The second-order valence-corrected chi connectivity index (χ2v) is 5.05. The molecule has 3 rings (SSSR count). The summed E-state index contributed by atoms with van der Waals surface area (Å²) < 4.78 is 4.24. The van der Waals surface area contributed by atoms with Crippen molar-refractivity contribution in [2.24, 2.45) is 0 Å². The lowest BCUT2D eigenvalue weighted by atomic mass is 10.1. The van der Waals surface area contributed by atoms with Gasteiger partial charge in [-0.3, -0.25) is 4.79 Å².